The van der Waals surface area contributed by atoms with Crippen LogP contribution in [0.25, 0.3) is 0 Å². The zero-order chi connectivity index (χ0) is 28.7. The molecule has 212 valence electrons. The van der Waals surface area contributed by atoms with Crippen LogP contribution in [0.5, 0.6) is 0 Å². The van der Waals surface area contributed by atoms with E-state index in [1.165, 1.54) is 0 Å². The van der Waals surface area contributed by atoms with E-state index in [0.717, 1.165) is 41.5 Å². The van der Waals surface area contributed by atoms with Crippen LogP contribution < -0.4 is 10.6 Å². The van der Waals surface area contributed by atoms with E-state index in [1.807, 2.05) is 69.5 Å². The maximum absolute atomic E-state index is 14.4. The molecule has 8 heteroatoms. The lowest BCUT2D eigenvalue weighted by atomic mass is 9.87. The van der Waals surface area contributed by atoms with Crippen LogP contribution in [0.1, 0.15) is 74.8 Å². The Labute approximate surface area is 237 Å². The van der Waals surface area contributed by atoms with Crippen molar-refractivity contribution in [1.29, 1.82) is 0 Å². The van der Waals surface area contributed by atoms with Gasteiger partial charge in [0.2, 0.25) is 5.91 Å². The fourth-order valence-electron chi connectivity index (χ4n) is 4.77. The summed E-state index contributed by atoms with van der Waals surface area (Å²) < 4.78 is 5.49. The first kappa shape index (κ1) is 30.5. The second kappa shape index (κ2) is 13.4. The molecular weight excluding hydrogens is 510 g/mol. The highest BCUT2D eigenvalue weighted by molar-refractivity contribution is 7.98. The van der Waals surface area contributed by atoms with Crippen LogP contribution in [-0.4, -0.2) is 52.5 Å². The predicted molar refractivity (Wildman–Crippen MR) is 159 cm³/mol. The Morgan fingerprint density at radius 1 is 1.05 bits per heavy atom. The number of carbonyl (C=O) groups excluding carboxylic acids is 3. The summed E-state index contributed by atoms with van der Waals surface area (Å²) in [5.74, 6) is 0.149. The van der Waals surface area contributed by atoms with Crippen molar-refractivity contribution in [3.63, 3.8) is 0 Å². The zero-order valence-corrected chi connectivity index (χ0v) is 25.1. The molecule has 0 radical (unpaired) electrons. The molecule has 0 saturated heterocycles. The van der Waals surface area contributed by atoms with Crippen molar-refractivity contribution in [2.24, 2.45) is 0 Å². The van der Waals surface area contributed by atoms with Gasteiger partial charge in [-0.15, -0.1) is 0 Å². The van der Waals surface area contributed by atoms with Gasteiger partial charge in [0.05, 0.1) is 0 Å². The summed E-state index contributed by atoms with van der Waals surface area (Å²) in [7, 11) is 0. The van der Waals surface area contributed by atoms with Gasteiger partial charge in [0.1, 0.15) is 17.7 Å². The Balaban J connectivity index is 2.05. The molecule has 1 saturated carbocycles. The smallest absolute Gasteiger partial charge is 0.408 e. The number of nitrogens with one attached hydrogen (secondary N) is 2. The molecule has 0 spiro atoms. The summed E-state index contributed by atoms with van der Waals surface area (Å²) in [5.41, 5.74) is 3.77. The number of hydrogen-bond donors (Lipinski definition) is 2. The summed E-state index contributed by atoms with van der Waals surface area (Å²) >= 11 is 1.60. The molecule has 39 heavy (non-hydrogen) atoms. The predicted octanol–water partition coefficient (Wildman–Crippen LogP) is 6.32. The Kier molecular flexibility index (Phi) is 10.5. The van der Waals surface area contributed by atoms with Gasteiger partial charge in [-0.1, -0.05) is 42.0 Å². The summed E-state index contributed by atoms with van der Waals surface area (Å²) in [4.78, 5) is 43.0. The number of alkyl carbamates (subject to hydrolysis) is 1. The standard InChI is InChI=1S/C31H43N3O4S/c1-20-15-16-24(22(3)19-20)27(28(35)32-25-14-9-8-11-21(25)2)34(23-12-10-13-23)29(36)26(17-18-39-7)33-30(37)38-31(4,5)6/h8-9,11,14-16,19,23,26-27H,10,12-13,17-18H2,1-7H3,(H,32,35)(H,33,37). The highest BCUT2D eigenvalue weighted by Gasteiger charge is 2.42. The molecule has 1 fully saturated rings. The lowest BCUT2D eigenvalue weighted by Crippen LogP contribution is -2.57. The molecule has 1 aliphatic carbocycles. The first-order valence-corrected chi connectivity index (χ1v) is 15.0. The molecule has 2 aromatic carbocycles. The van der Waals surface area contributed by atoms with Gasteiger partial charge in [-0.3, -0.25) is 9.59 Å². The topological polar surface area (TPSA) is 87.7 Å². The van der Waals surface area contributed by atoms with Crippen molar-refractivity contribution in [3.8, 4) is 0 Å². The first-order valence-electron chi connectivity index (χ1n) is 13.7. The fraction of sp³-hybridized carbons (Fsp3) is 0.516. The SMILES string of the molecule is CSCCC(NC(=O)OC(C)(C)C)C(=O)N(C1CCC1)C(C(=O)Nc1ccccc1C)c1ccc(C)cc1C. The quantitative estimate of drug-likeness (QED) is 0.360. The van der Waals surface area contributed by atoms with Crippen LogP contribution in [0.4, 0.5) is 10.5 Å². The van der Waals surface area contributed by atoms with Crippen molar-refractivity contribution >= 4 is 35.4 Å². The molecule has 7 nitrogen and oxygen atoms in total. The zero-order valence-electron chi connectivity index (χ0n) is 24.3. The van der Waals surface area contributed by atoms with Gasteiger partial charge in [0, 0.05) is 11.7 Å². The molecule has 3 amide bonds. The normalized spacial score (nSPS) is 15.1. The number of para-hydroxylation sites is 1. The Hall–Kier alpha value is -3.00. The third-order valence-corrected chi connectivity index (χ3v) is 7.62. The molecule has 0 aliphatic heterocycles. The summed E-state index contributed by atoms with van der Waals surface area (Å²) in [6.45, 7) is 11.3. The number of benzene rings is 2. The van der Waals surface area contributed by atoms with E-state index >= 15 is 0 Å². The molecule has 3 rings (SSSR count). The van der Waals surface area contributed by atoms with Gasteiger partial charge < -0.3 is 20.3 Å². The molecule has 0 heterocycles. The lowest BCUT2D eigenvalue weighted by Gasteiger charge is -2.44. The Morgan fingerprint density at radius 2 is 1.74 bits per heavy atom. The van der Waals surface area contributed by atoms with Crippen molar-refractivity contribution in [2.75, 3.05) is 17.3 Å². The number of carbonyl (C=O) groups is 3. The third-order valence-electron chi connectivity index (χ3n) is 6.97. The third kappa shape index (κ3) is 8.24. The van der Waals surface area contributed by atoms with E-state index in [1.54, 1.807) is 37.4 Å². The number of amides is 3. The molecule has 0 aromatic heterocycles. The van der Waals surface area contributed by atoms with E-state index in [-0.39, 0.29) is 17.9 Å². The second-order valence-electron chi connectivity index (χ2n) is 11.4. The minimum absolute atomic E-state index is 0.0944. The summed E-state index contributed by atoms with van der Waals surface area (Å²) in [6, 6.07) is 11.8. The molecule has 0 bridgehead atoms. The van der Waals surface area contributed by atoms with Crippen molar-refractivity contribution in [1.82, 2.24) is 10.2 Å². The molecule has 2 aromatic rings. The monoisotopic (exact) mass is 553 g/mol. The van der Waals surface area contributed by atoms with Crippen LogP contribution in [-0.2, 0) is 14.3 Å². The number of aryl methyl sites for hydroxylation is 3. The van der Waals surface area contributed by atoms with E-state index in [4.69, 9.17) is 4.74 Å². The average Bonchev–Trinajstić information content (AvgIpc) is 2.81. The summed E-state index contributed by atoms with van der Waals surface area (Å²) in [5, 5.41) is 5.92. The first-order chi connectivity index (χ1) is 18.4. The second-order valence-corrected chi connectivity index (χ2v) is 12.4. The van der Waals surface area contributed by atoms with Gasteiger partial charge in [0.15, 0.2) is 0 Å². The molecular formula is C31H43N3O4S. The Morgan fingerprint density at radius 3 is 2.31 bits per heavy atom. The lowest BCUT2D eigenvalue weighted by molar-refractivity contribution is -0.145. The molecule has 2 atom stereocenters. The number of nitrogens with zero attached hydrogens (tertiary/aromatic N) is 1. The number of hydrogen-bond acceptors (Lipinski definition) is 5. The van der Waals surface area contributed by atoms with Gasteiger partial charge >= 0.3 is 6.09 Å². The van der Waals surface area contributed by atoms with Gasteiger partial charge in [-0.25, -0.2) is 4.79 Å². The number of thioether (sulfide) groups is 1. The molecule has 2 N–H and O–H groups in total. The fourth-order valence-corrected chi connectivity index (χ4v) is 5.24. The number of ether oxygens (including phenoxy) is 1. The van der Waals surface area contributed by atoms with E-state index < -0.39 is 23.8 Å². The van der Waals surface area contributed by atoms with E-state index in [9.17, 15) is 14.4 Å². The highest BCUT2D eigenvalue weighted by Crippen LogP contribution is 2.36. The minimum Gasteiger partial charge on any atom is -0.444 e. The highest BCUT2D eigenvalue weighted by atomic mass is 32.2. The van der Waals surface area contributed by atoms with Gasteiger partial charge in [0.25, 0.3) is 5.91 Å². The van der Waals surface area contributed by atoms with Gasteiger partial charge in [-0.05, 0) is 102 Å². The molecule has 2 unspecified atom stereocenters. The maximum Gasteiger partial charge on any atom is 0.408 e. The number of rotatable bonds is 10. The average molecular weight is 554 g/mol. The minimum atomic E-state index is -0.847. The maximum atomic E-state index is 14.4. The number of anilines is 1. The van der Waals surface area contributed by atoms with Crippen LogP contribution in [0.15, 0.2) is 42.5 Å². The molecule has 1 aliphatic rings. The van der Waals surface area contributed by atoms with Crippen LogP contribution in [0.2, 0.25) is 0 Å². The van der Waals surface area contributed by atoms with Crippen LogP contribution >= 0.6 is 11.8 Å². The van der Waals surface area contributed by atoms with Crippen LogP contribution in [0.3, 0.4) is 0 Å². The van der Waals surface area contributed by atoms with Crippen molar-refractivity contribution < 1.29 is 19.1 Å². The largest absolute Gasteiger partial charge is 0.444 e. The van der Waals surface area contributed by atoms with Crippen molar-refractivity contribution in [2.45, 2.75) is 91.0 Å². The Bertz CT molecular complexity index is 1170. The van der Waals surface area contributed by atoms with Gasteiger partial charge in [-0.2, -0.15) is 11.8 Å². The van der Waals surface area contributed by atoms with Crippen LogP contribution in [0, 0.1) is 20.8 Å². The van der Waals surface area contributed by atoms with Crippen molar-refractivity contribution in [3.05, 3.63) is 64.7 Å². The summed E-state index contributed by atoms with van der Waals surface area (Å²) in [6.07, 6.45) is 4.37. The van der Waals surface area contributed by atoms with E-state index in [2.05, 4.69) is 10.6 Å². The van der Waals surface area contributed by atoms with E-state index in [0.29, 0.717) is 17.9 Å².